The number of nitrogens with one attached hydrogen (secondary N) is 1. The predicted molar refractivity (Wildman–Crippen MR) is 87.5 cm³/mol. The van der Waals surface area contributed by atoms with Crippen LogP contribution in [0.2, 0.25) is 0 Å². The molecule has 0 aromatic carbocycles. The van der Waals surface area contributed by atoms with Gasteiger partial charge in [0.05, 0.1) is 30.9 Å². The highest BCUT2D eigenvalue weighted by molar-refractivity contribution is 7.89. The third kappa shape index (κ3) is 3.96. The summed E-state index contributed by atoms with van der Waals surface area (Å²) in [5.74, 6) is 0.117. The Labute approximate surface area is 138 Å². The molecule has 1 N–H and O–H groups in total. The summed E-state index contributed by atoms with van der Waals surface area (Å²) >= 11 is 0. The summed E-state index contributed by atoms with van der Waals surface area (Å²) in [7, 11) is -3.21. The predicted octanol–water partition coefficient (Wildman–Crippen LogP) is 1.59. The van der Waals surface area contributed by atoms with Gasteiger partial charge in [0.2, 0.25) is 10.0 Å². The van der Waals surface area contributed by atoms with Crippen molar-refractivity contribution in [2.24, 2.45) is 5.41 Å². The Morgan fingerprint density at radius 3 is 2.78 bits per heavy atom. The fourth-order valence-electron chi connectivity index (χ4n) is 3.68. The maximum absolute atomic E-state index is 12.0. The highest BCUT2D eigenvalue weighted by Crippen LogP contribution is 2.41. The Hall–Kier alpha value is -0.890. The number of piperidine rings is 1. The molecule has 2 aliphatic heterocycles. The van der Waals surface area contributed by atoms with E-state index >= 15 is 0 Å². The minimum absolute atomic E-state index is 0.0351. The number of hydrogen-bond donors (Lipinski definition) is 1. The van der Waals surface area contributed by atoms with Crippen LogP contribution >= 0.6 is 0 Å². The molecule has 0 aliphatic carbocycles. The topological polar surface area (TPSA) is 71.8 Å². The third-order valence-corrected chi connectivity index (χ3v) is 6.71. The van der Waals surface area contributed by atoms with E-state index in [4.69, 9.17) is 9.15 Å². The summed E-state index contributed by atoms with van der Waals surface area (Å²) in [5, 5.41) is 0. The van der Waals surface area contributed by atoms with E-state index in [2.05, 4.69) is 9.62 Å². The van der Waals surface area contributed by atoms with E-state index in [1.165, 1.54) is 5.56 Å². The van der Waals surface area contributed by atoms with Crippen molar-refractivity contribution in [2.45, 2.75) is 38.8 Å². The lowest BCUT2D eigenvalue weighted by molar-refractivity contribution is -0.0445. The Balaban J connectivity index is 1.63. The number of furan rings is 1. The Bertz CT molecular complexity index is 592. The number of likely N-dealkylation sites (tertiary alicyclic amines) is 1. The van der Waals surface area contributed by atoms with Gasteiger partial charge in [-0.15, -0.1) is 0 Å². The smallest absolute Gasteiger partial charge is 0.211 e. The molecule has 1 spiro atoms. The summed E-state index contributed by atoms with van der Waals surface area (Å²) < 4.78 is 37.5. The first-order valence-electron chi connectivity index (χ1n) is 8.34. The zero-order valence-electron chi connectivity index (χ0n) is 13.7. The minimum atomic E-state index is -3.21. The molecule has 1 aromatic rings. The van der Waals surface area contributed by atoms with Crippen molar-refractivity contribution < 1.29 is 17.6 Å². The molecule has 0 unspecified atom stereocenters. The average Bonchev–Trinajstić information content (AvgIpc) is 3.05. The van der Waals surface area contributed by atoms with Gasteiger partial charge in [-0.2, -0.15) is 0 Å². The van der Waals surface area contributed by atoms with Crippen molar-refractivity contribution in [2.75, 3.05) is 32.1 Å². The summed E-state index contributed by atoms with van der Waals surface area (Å²) in [6, 6.07) is 1.90. The second kappa shape index (κ2) is 6.93. The molecule has 130 valence electrons. The van der Waals surface area contributed by atoms with Crippen LogP contribution in [-0.4, -0.2) is 51.4 Å². The van der Waals surface area contributed by atoms with Crippen LogP contribution in [0.15, 0.2) is 23.0 Å². The Morgan fingerprint density at radius 1 is 1.35 bits per heavy atom. The van der Waals surface area contributed by atoms with E-state index in [0.717, 1.165) is 45.5 Å². The summed E-state index contributed by atoms with van der Waals surface area (Å²) in [5.41, 5.74) is 1.23. The van der Waals surface area contributed by atoms with Crippen LogP contribution < -0.4 is 4.72 Å². The normalized spacial score (nSPS) is 25.7. The molecule has 2 fully saturated rings. The van der Waals surface area contributed by atoms with Gasteiger partial charge in [-0.25, -0.2) is 13.1 Å². The second-order valence-corrected chi connectivity index (χ2v) is 8.71. The standard InChI is InChI=1S/C16H26N2O4S/c1-2-23(19,20)17-15-13-22-10-6-16(15)4-7-18(8-5-16)11-14-3-9-21-12-14/h3,9,12,15,17H,2,4-8,10-11,13H2,1H3/t15-/m0/s1. The van der Waals surface area contributed by atoms with Crippen molar-refractivity contribution in [3.8, 4) is 0 Å². The van der Waals surface area contributed by atoms with E-state index in [1.807, 2.05) is 6.07 Å². The van der Waals surface area contributed by atoms with E-state index in [9.17, 15) is 8.42 Å². The highest BCUT2D eigenvalue weighted by Gasteiger charge is 2.44. The molecular formula is C16H26N2O4S. The van der Waals surface area contributed by atoms with Gasteiger partial charge in [0, 0.05) is 18.7 Å². The van der Waals surface area contributed by atoms with Crippen molar-refractivity contribution in [1.29, 1.82) is 0 Å². The molecule has 3 rings (SSSR count). The Morgan fingerprint density at radius 2 is 2.13 bits per heavy atom. The second-order valence-electron chi connectivity index (χ2n) is 6.67. The fraction of sp³-hybridized carbons (Fsp3) is 0.750. The van der Waals surface area contributed by atoms with E-state index in [-0.39, 0.29) is 17.2 Å². The van der Waals surface area contributed by atoms with Crippen LogP contribution in [0, 0.1) is 5.41 Å². The molecule has 0 bridgehead atoms. The zero-order valence-corrected chi connectivity index (χ0v) is 14.5. The van der Waals surface area contributed by atoms with Gasteiger partial charge in [-0.05, 0) is 50.8 Å². The summed E-state index contributed by atoms with van der Waals surface area (Å²) in [4.78, 5) is 2.41. The van der Waals surface area contributed by atoms with Crippen LogP contribution in [-0.2, 0) is 21.3 Å². The third-order valence-electron chi connectivity index (χ3n) is 5.31. The highest BCUT2D eigenvalue weighted by atomic mass is 32.2. The first-order valence-corrected chi connectivity index (χ1v) is 9.99. The maximum Gasteiger partial charge on any atom is 0.211 e. The van der Waals surface area contributed by atoms with E-state index in [0.29, 0.717) is 6.61 Å². The van der Waals surface area contributed by atoms with Crippen LogP contribution in [0.3, 0.4) is 0 Å². The lowest BCUT2D eigenvalue weighted by Gasteiger charge is -2.49. The SMILES string of the molecule is CCS(=O)(=O)N[C@H]1COCCC12CCN(Cc1ccoc1)CC2. The molecule has 1 aromatic heterocycles. The summed E-state index contributed by atoms with van der Waals surface area (Å²) in [6.45, 7) is 5.75. The summed E-state index contributed by atoms with van der Waals surface area (Å²) in [6.07, 6.45) is 6.44. The van der Waals surface area contributed by atoms with E-state index in [1.54, 1.807) is 19.5 Å². The minimum Gasteiger partial charge on any atom is -0.472 e. The van der Waals surface area contributed by atoms with Gasteiger partial charge in [0.25, 0.3) is 0 Å². The first-order chi connectivity index (χ1) is 11.0. The average molecular weight is 342 g/mol. The van der Waals surface area contributed by atoms with Crippen molar-refractivity contribution >= 4 is 10.0 Å². The van der Waals surface area contributed by atoms with Gasteiger partial charge in [-0.3, -0.25) is 4.90 Å². The van der Waals surface area contributed by atoms with E-state index < -0.39 is 10.0 Å². The van der Waals surface area contributed by atoms with Crippen molar-refractivity contribution in [3.05, 3.63) is 24.2 Å². The van der Waals surface area contributed by atoms with Crippen LogP contribution in [0.1, 0.15) is 31.7 Å². The number of sulfonamides is 1. The number of hydrogen-bond acceptors (Lipinski definition) is 5. The molecule has 0 amide bonds. The molecule has 2 saturated heterocycles. The quantitative estimate of drug-likeness (QED) is 0.880. The molecule has 1 atom stereocenters. The van der Waals surface area contributed by atoms with Gasteiger partial charge in [-0.1, -0.05) is 0 Å². The molecule has 7 heteroatoms. The monoisotopic (exact) mass is 342 g/mol. The lowest BCUT2D eigenvalue weighted by atomic mass is 9.69. The fourth-order valence-corrected chi connectivity index (χ4v) is 4.60. The largest absolute Gasteiger partial charge is 0.472 e. The molecule has 3 heterocycles. The van der Waals surface area contributed by atoms with Crippen molar-refractivity contribution in [1.82, 2.24) is 9.62 Å². The van der Waals surface area contributed by atoms with Gasteiger partial charge in [0.1, 0.15) is 0 Å². The van der Waals surface area contributed by atoms with Gasteiger partial charge < -0.3 is 9.15 Å². The van der Waals surface area contributed by atoms with Crippen LogP contribution in [0.25, 0.3) is 0 Å². The van der Waals surface area contributed by atoms with Crippen LogP contribution in [0.4, 0.5) is 0 Å². The molecule has 0 radical (unpaired) electrons. The first kappa shape index (κ1) is 17.0. The van der Waals surface area contributed by atoms with Crippen LogP contribution in [0.5, 0.6) is 0 Å². The maximum atomic E-state index is 12.0. The Kier molecular flexibility index (Phi) is 5.10. The molecule has 6 nitrogen and oxygen atoms in total. The number of ether oxygens (including phenoxy) is 1. The van der Waals surface area contributed by atoms with Gasteiger partial charge >= 0.3 is 0 Å². The number of nitrogens with zero attached hydrogens (tertiary/aromatic N) is 1. The molecule has 0 saturated carbocycles. The lowest BCUT2D eigenvalue weighted by Crippen LogP contribution is -2.57. The molecular weight excluding hydrogens is 316 g/mol. The zero-order chi connectivity index (χ0) is 16.3. The number of rotatable bonds is 5. The van der Waals surface area contributed by atoms with Gasteiger partial charge in [0.15, 0.2) is 0 Å². The van der Waals surface area contributed by atoms with Crippen molar-refractivity contribution in [3.63, 3.8) is 0 Å². The molecule has 23 heavy (non-hydrogen) atoms. The molecule has 2 aliphatic rings.